The first-order valence-corrected chi connectivity index (χ1v) is 5.61. The van der Waals surface area contributed by atoms with Gasteiger partial charge in [0.05, 0.1) is 6.10 Å². The molecule has 4 heteroatoms. The van der Waals surface area contributed by atoms with Crippen molar-refractivity contribution in [3.8, 4) is 0 Å². The third-order valence-corrected chi connectivity index (χ3v) is 2.97. The number of anilines is 1. The summed E-state index contributed by atoms with van der Waals surface area (Å²) in [6.07, 6.45) is 1.66. The van der Waals surface area contributed by atoms with Crippen LogP contribution < -0.4 is 5.73 Å². The lowest BCUT2D eigenvalue weighted by atomic mass is 10.0. The van der Waals surface area contributed by atoms with Crippen molar-refractivity contribution in [3.63, 3.8) is 0 Å². The van der Waals surface area contributed by atoms with Crippen LogP contribution in [-0.4, -0.2) is 10.1 Å². The van der Waals surface area contributed by atoms with Crippen molar-refractivity contribution in [1.82, 2.24) is 4.98 Å². The van der Waals surface area contributed by atoms with Gasteiger partial charge in [-0.3, -0.25) is 0 Å². The molecular weight excluding hydrogens is 208 g/mol. The molecule has 2 rings (SSSR count). The van der Waals surface area contributed by atoms with E-state index >= 15 is 0 Å². The van der Waals surface area contributed by atoms with Crippen molar-refractivity contribution >= 4 is 17.2 Å². The summed E-state index contributed by atoms with van der Waals surface area (Å²) in [5, 5.41) is 13.8. The highest BCUT2D eigenvalue weighted by Gasteiger charge is 2.10. The van der Waals surface area contributed by atoms with Gasteiger partial charge in [0.25, 0.3) is 0 Å². The van der Waals surface area contributed by atoms with Gasteiger partial charge < -0.3 is 10.8 Å². The van der Waals surface area contributed by atoms with Gasteiger partial charge in [0.15, 0.2) is 0 Å². The molecule has 3 N–H and O–H groups in total. The highest BCUT2D eigenvalue weighted by atomic mass is 32.1. The maximum absolute atomic E-state index is 9.91. The molecule has 2 aromatic rings. The molecular formula is C11H12N2OS. The third kappa shape index (κ3) is 2.34. The van der Waals surface area contributed by atoms with Gasteiger partial charge in [0.1, 0.15) is 5.82 Å². The average Bonchev–Trinajstić information content (AvgIpc) is 2.74. The summed E-state index contributed by atoms with van der Waals surface area (Å²) in [7, 11) is 0. The number of rotatable bonds is 3. The zero-order valence-corrected chi connectivity index (χ0v) is 8.95. The SMILES string of the molecule is Nc1ncccc1CC(O)c1ccsc1. The van der Waals surface area contributed by atoms with Gasteiger partial charge in [-0.1, -0.05) is 6.07 Å². The molecule has 15 heavy (non-hydrogen) atoms. The van der Waals surface area contributed by atoms with Gasteiger partial charge in [0, 0.05) is 12.6 Å². The molecule has 0 saturated carbocycles. The number of thiophene rings is 1. The minimum Gasteiger partial charge on any atom is -0.388 e. The summed E-state index contributed by atoms with van der Waals surface area (Å²) in [5.74, 6) is 0.492. The van der Waals surface area contributed by atoms with E-state index in [1.807, 2.05) is 29.0 Å². The Kier molecular flexibility index (Phi) is 2.99. The molecule has 0 bridgehead atoms. The molecule has 0 fully saturated rings. The van der Waals surface area contributed by atoms with Gasteiger partial charge in [-0.05, 0) is 34.0 Å². The molecule has 0 aliphatic heterocycles. The number of nitrogen functional groups attached to an aromatic ring is 1. The quantitative estimate of drug-likeness (QED) is 0.831. The summed E-state index contributed by atoms with van der Waals surface area (Å²) in [5.41, 5.74) is 7.52. The Morgan fingerprint density at radius 3 is 3.00 bits per heavy atom. The lowest BCUT2D eigenvalue weighted by Crippen LogP contribution is -2.04. The van der Waals surface area contributed by atoms with Crippen molar-refractivity contribution in [2.75, 3.05) is 5.73 Å². The minimum atomic E-state index is -0.497. The van der Waals surface area contributed by atoms with E-state index in [9.17, 15) is 5.11 Å². The molecule has 0 spiro atoms. The van der Waals surface area contributed by atoms with Crippen LogP contribution in [0.4, 0.5) is 5.82 Å². The lowest BCUT2D eigenvalue weighted by Gasteiger charge is -2.09. The molecule has 2 heterocycles. The lowest BCUT2D eigenvalue weighted by molar-refractivity contribution is 0.179. The number of pyridine rings is 1. The molecule has 2 aromatic heterocycles. The van der Waals surface area contributed by atoms with Crippen LogP contribution in [0.2, 0.25) is 0 Å². The monoisotopic (exact) mass is 220 g/mol. The van der Waals surface area contributed by atoms with Crippen LogP contribution in [-0.2, 0) is 6.42 Å². The second-order valence-electron chi connectivity index (χ2n) is 3.32. The van der Waals surface area contributed by atoms with Crippen molar-refractivity contribution in [3.05, 3.63) is 46.3 Å². The van der Waals surface area contributed by atoms with Crippen molar-refractivity contribution < 1.29 is 5.11 Å². The first kappa shape index (κ1) is 10.1. The third-order valence-electron chi connectivity index (χ3n) is 2.27. The fourth-order valence-corrected chi connectivity index (χ4v) is 2.12. The summed E-state index contributed by atoms with van der Waals surface area (Å²) >= 11 is 1.58. The van der Waals surface area contributed by atoms with Gasteiger partial charge in [-0.15, -0.1) is 0 Å². The molecule has 0 saturated heterocycles. The Hall–Kier alpha value is -1.39. The van der Waals surface area contributed by atoms with E-state index in [0.29, 0.717) is 12.2 Å². The van der Waals surface area contributed by atoms with E-state index < -0.39 is 6.10 Å². The van der Waals surface area contributed by atoms with Crippen LogP contribution >= 0.6 is 11.3 Å². The van der Waals surface area contributed by atoms with Crippen molar-refractivity contribution in [2.24, 2.45) is 0 Å². The molecule has 0 amide bonds. The standard InChI is InChI=1S/C11H12N2OS/c12-11-8(2-1-4-13-11)6-10(14)9-3-5-15-7-9/h1-5,7,10,14H,6H2,(H2,12,13). The number of aliphatic hydroxyl groups is 1. The number of hydrogen-bond donors (Lipinski definition) is 2. The fraction of sp³-hybridized carbons (Fsp3) is 0.182. The van der Waals surface area contributed by atoms with Crippen LogP contribution in [0.25, 0.3) is 0 Å². The highest BCUT2D eigenvalue weighted by Crippen LogP contribution is 2.22. The molecule has 1 atom stereocenters. The topological polar surface area (TPSA) is 59.1 Å². The zero-order chi connectivity index (χ0) is 10.7. The maximum Gasteiger partial charge on any atom is 0.126 e. The molecule has 0 radical (unpaired) electrons. The molecule has 78 valence electrons. The smallest absolute Gasteiger partial charge is 0.126 e. The van der Waals surface area contributed by atoms with Gasteiger partial charge in [-0.2, -0.15) is 11.3 Å². The maximum atomic E-state index is 9.91. The van der Waals surface area contributed by atoms with Crippen LogP contribution in [0, 0.1) is 0 Å². The van der Waals surface area contributed by atoms with Crippen LogP contribution in [0.3, 0.4) is 0 Å². The molecule has 3 nitrogen and oxygen atoms in total. The van der Waals surface area contributed by atoms with E-state index in [1.165, 1.54) is 0 Å². The van der Waals surface area contributed by atoms with Gasteiger partial charge in [0.2, 0.25) is 0 Å². The van der Waals surface area contributed by atoms with E-state index in [4.69, 9.17) is 5.73 Å². The first-order chi connectivity index (χ1) is 7.27. The van der Waals surface area contributed by atoms with Crippen LogP contribution in [0.5, 0.6) is 0 Å². The minimum absolute atomic E-state index is 0.492. The van der Waals surface area contributed by atoms with E-state index in [2.05, 4.69) is 4.98 Å². The number of nitrogens with two attached hydrogens (primary N) is 1. The van der Waals surface area contributed by atoms with E-state index in [1.54, 1.807) is 17.5 Å². The normalized spacial score (nSPS) is 12.6. The predicted molar refractivity (Wildman–Crippen MR) is 61.6 cm³/mol. The molecule has 0 aromatic carbocycles. The summed E-state index contributed by atoms with van der Waals surface area (Å²) in [4.78, 5) is 3.98. The Morgan fingerprint density at radius 2 is 2.33 bits per heavy atom. The van der Waals surface area contributed by atoms with Gasteiger partial charge in [-0.25, -0.2) is 4.98 Å². The Morgan fingerprint density at radius 1 is 1.47 bits per heavy atom. The summed E-state index contributed by atoms with van der Waals surface area (Å²) in [6.45, 7) is 0. The number of nitrogens with zero attached hydrogens (tertiary/aromatic N) is 1. The van der Waals surface area contributed by atoms with E-state index in [0.717, 1.165) is 11.1 Å². The second-order valence-corrected chi connectivity index (χ2v) is 4.10. The fourth-order valence-electron chi connectivity index (χ4n) is 1.41. The Bertz CT molecular complexity index is 428. The molecule has 1 unspecified atom stereocenters. The largest absolute Gasteiger partial charge is 0.388 e. The van der Waals surface area contributed by atoms with E-state index in [-0.39, 0.29) is 0 Å². The van der Waals surface area contributed by atoms with Gasteiger partial charge >= 0.3 is 0 Å². The van der Waals surface area contributed by atoms with Crippen LogP contribution in [0.1, 0.15) is 17.2 Å². The van der Waals surface area contributed by atoms with Crippen molar-refractivity contribution in [2.45, 2.75) is 12.5 Å². The predicted octanol–water partition coefficient (Wildman–Crippen LogP) is 2.00. The number of aromatic nitrogens is 1. The first-order valence-electron chi connectivity index (χ1n) is 4.67. The number of hydrogen-bond acceptors (Lipinski definition) is 4. The molecule has 0 aliphatic carbocycles. The number of aliphatic hydroxyl groups excluding tert-OH is 1. The Balaban J connectivity index is 2.13. The second kappa shape index (κ2) is 4.42. The molecule has 0 aliphatic rings. The average molecular weight is 220 g/mol. The summed E-state index contributed by atoms with van der Waals surface area (Å²) in [6, 6.07) is 5.63. The van der Waals surface area contributed by atoms with Crippen LogP contribution in [0.15, 0.2) is 35.2 Å². The Labute approximate surface area is 92.2 Å². The zero-order valence-electron chi connectivity index (χ0n) is 8.13. The highest BCUT2D eigenvalue weighted by molar-refractivity contribution is 7.07. The van der Waals surface area contributed by atoms with Crippen molar-refractivity contribution in [1.29, 1.82) is 0 Å². The summed E-state index contributed by atoms with van der Waals surface area (Å²) < 4.78 is 0.